The summed E-state index contributed by atoms with van der Waals surface area (Å²) in [5, 5.41) is 5.41. The summed E-state index contributed by atoms with van der Waals surface area (Å²) in [5.74, 6) is 1.66. The van der Waals surface area contributed by atoms with E-state index < -0.39 is 0 Å². The Kier molecular flexibility index (Phi) is 4.38. The van der Waals surface area contributed by atoms with E-state index in [1.807, 2.05) is 5.38 Å². The SMILES string of the molecule is COc1cc(OC)c(C(=O)Nc2nc(C3CC3)cs2)cc1OC. The Labute approximate surface area is 138 Å². The fourth-order valence-electron chi connectivity index (χ4n) is 2.28. The molecule has 0 spiro atoms. The number of aromatic nitrogens is 1. The molecule has 0 bridgehead atoms. The molecule has 0 saturated heterocycles. The van der Waals surface area contributed by atoms with Crippen LogP contribution in [0.2, 0.25) is 0 Å². The van der Waals surface area contributed by atoms with Gasteiger partial charge in [-0.05, 0) is 12.8 Å². The summed E-state index contributed by atoms with van der Waals surface area (Å²) < 4.78 is 15.8. The fourth-order valence-corrected chi connectivity index (χ4v) is 3.07. The minimum atomic E-state index is -0.292. The molecule has 1 aromatic heterocycles. The molecule has 2 aromatic rings. The van der Waals surface area contributed by atoms with Gasteiger partial charge in [-0.2, -0.15) is 0 Å². The van der Waals surface area contributed by atoms with Crippen LogP contribution in [0.25, 0.3) is 0 Å². The topological polar surface area (TPSA) is 69.7 Å². The minimum absolute atomic E-state index is 0.292. The van der Waals surface area contributed by atoms with Crippen molar-refractivity contribution < 1.29 is 19.0 Å². The van der Waals surface area contributed by atoms with Gasteiger partial charge in [0, 0.05) is 23.4 Å². The number of hydrogen-bond acceptors (Lipinski definition) is 6. The molecule has 23 heavy (non-hydrogen) atoms. The number of ether oxygens (including phenoxy) is 3. The second-order valence-electron chi connectivity index (χ2n) is 5.21. The average Bonchev–Trinajstić information content (AvgIpc) is 3.33. The van der Waals surface area contributed by atoms with Gasteiger partial charge in [-0.15, -0.1) is 11.3 Å². The van der Waals surface area contributed by atoms with E-state index in [4.69, 9.17) is 14.2 Å². The molecule has 122 valence electrons. The van der Waals surface area contributed by atoms with Crippen molar-refractivity contribution in [3.05, 3.63) is 28.8 Å². The quantitative estimate of drug-likeness (QED) is 0.878. The van der Waals surface area contributed by atoms with Crippen LogP contribution in [-0.4, -0.2) is 32.2 Å². The maximum absolute atomic E-state index is 12.5. The Morgan fingerprint density at radius 1 is 1.13 bits per heavy atom. The summed E-state index contributed by atoms with van der Waals surface area (Å²) in [7, 11) is 4.56. The van der Waals surface area contributed by atoms with E-state index in [0.29, 0.717) is 33.9 Å². The molecule has 1 saturated carbocycles. The lowest BCUT2D eigenvalue weighted by Crippen LogP contribution is -2.13. The molecule has 1 N–H and O–H groups in total. The third-order valence-electron chi connectivity index (χ3n) is 3.69. The van der Waals surface area contributed by atoms with Gasteiger partial charge in [-0.25, -0.2) is 4.98 Å². The molecule has 3 rings (SSSR count). The average molecular weight is 334 g/mol. The Balaban J connectivity index is 1.84. The van der Waals surface area contributed by atoms with Crippen LogP contribution in [0.15, 0.2) is 17.5 Å². The highest BCUT2D eigenvalue weighted by atomic mass is 32.1. The van der Waals surface area contributed by atoms with Crippen LogP contribution in [0, 0.1) is 0 Å². The minimum Gasteiger partial charge on any atom is -0.496 e. The molecule has 0 radical (unpaired) electrons. The van der Waals surface area contributed by atoms with Crippen molar-refractivity contribution in [2.75, 3.05) is 26.6 Å². The van der Waals surface area contributed by atoms with Crippen molar-refractivity contribution in [2.24, 2.45) is 0 Å². The lowest BCUT2D eigenvalue weighted by atomic mass is 10.1. The van der Waals surface area contributed by atoms with Crippen LogP contribution in [0.5, 0.6) is 17.2 Å². The van der Waals surface area contributed by atoms with Crippen molar-refractivity contribution in [1.82, 2.24) is 4.98 Å². The predicted molar refractivity (Wildman–Crippen MR) is 88.1 cm³/mol. The van der Waals surface area contributed by atoms with Gasteiger partial charge < -0.3 is 14.2 Å². The largest absolute Gasteiger partial charge is 0.496 e. The van der Waals surface area contributed by atoms with E-state index in [1.165, 1.54) is 45.5 Å². The summed E-state index contributed by atoms with van der Waals surface area (Å²) in [6, 6.07) is 3.23. The second kappa shape index (κ2) is 6.45. The zero-order valence-corrected chi connectivity index (χ0v) is 14.0. The first-order valence-electron chi connectivity index (χ1n) is 7.23. The van der Waals surface area contributed by atoms with Gasteiger partial charge in [0.25, 0.3) is 5.91 Å². The highest BCUT2D eigenvalue weighted by Gasteiger charge is 2.26. The predicted octanol–water partition coefficient (Wildman–Crippen LogP) is 3.30. The zero-order chi connectivity index (χ0) is 16.4. The molecule has 0 atom stereocenters. The van der Waals surface area contributed by atoms with Gasteiger partial charge in [-0.1, -0.05) is 0 Å². The second-order valence-corrected chi connectivity index (χ2v) is 6.07. The summed E-state index contributed by atoms with van der Waals surface area (Å²) in [6.07, 6.45) is 2.36. The van der Waals surface area contributed by atoms with E-state index >= 15 is 0 Å². The van der Waals surface area contributed by atoms with Gasteiger partial charge in [0.2, 0.25) is 0 Å². The first-order valence-corrected chi connectivity index (χ1v) is 8.11. The molecule has 1 aromatic carbocycles. The molecule has 1 heterocycles. The maximum Gasteiger partial charge on any atom is 0.261 e. The van der Waals surface area contributed by atoms with Crippen LogP contribution in [-0.2, 0) is 0 Å². The normalized spacial score (nSPS) is 13.5. The Hall–Kier alpha value is -2.28. The number of methoxy groups -OCH3 is 3. The molecule has 0 unspecified atom stereocenters. The summed E-state index contributed by atoms with van der Waals surface area (Å²) in [6.45, 7) is 0. The summed E-state index contributed by atoms with van der Waals surface area (Å²) >= 11 is 1.43. The van der Waals surface area contributed by atoms with Crippen molar-refractivity contribution in [1.29, 1.82) is 0 Å². The molecule has 0 aliphatic heterocycles. The number of carbonyl (C=O) groups is 1. The van der Waals surface area contributed by atoms with Crippen molar-refractivity contribution in [3.8, 4) is 17.2 Å². The molecule has 1 amide bonds. The highest BCUT2D eigenvalue weighted by molar-refractivity contribution is 7.14. The molecular weight excluding hydrogens is 316 g/mol. The Morgan fingerprint density at radius 3 is 2.39 bits per heavy atom. The maximum atomic E-state index is 12.5. The van der Waals surface area contributed by atoms with Crippen LogP contribution in [0.3, 0.4) is 0 Å². The monoisotopic (exact) mass is 334 g/mol. The van der Waals surface area contributed by atoms with E-state index in [2.05, 4.69) is 10.3 Å². The van der Waals surface area contributed by atoms with E-state index in [1.54, 1.807) is 12.1 Å². The van der Waals surface area contributed by atoms with Gasteiger partial charge in [-0.3, -0.25) is 10.1 Å². The lowest BCUT2D eigenvalue weighted by Gasteiger charge is -2.13. The zero-order valence-electron chi connectivity index (χ0n) is 13.2. The van der Waals surface area contributed by atoms with Crippen LogP contribution >= 0.6 is 11.3 Å². The molecule has 1 aliphatic rings. The molecule has 7 heteroatoms. The lowest BCUT2D eigenvalue weighted by molar-refractivity contribution is 0.102. The third kappa shape index (κ3) is 3.24. The third-order valence-corrected chi connectivity index (χ3v) is 4.46. The Morgan fingerprint density at radius 2 is 1.78 bits per heavy atom. The van der Waals surface area contributed by atoms with Gasteiger partial charge in [0.05, 0.1) is 32.6 Å². The number of rotatable bonds is 6. The standard InChI is InChI=1S/C16H18N2O4S/c1-20-12-7-14(22-3)13(21-2)6-10(12)15(19)18-16-17-11(8-23-16)9-4-5-9/h6-9H,4-5H2,1-3H3,(H,17,18,19). The smallest absolute Gasteiger partial charge is 0.261 e. The van der Waals surface area contributed by atoms with E-state index in [-0.39, 0.29) is 5.91 Å². The van der Waals surface area contributed by atoms with Crippen LogP contribution < -0.4 is 19.5 Å². The number of nitrogens with one attached hydrogen (secondary N) is 1. The van der Waals surface area contributed by atoms with Crippen LogP contribution in [0.1, 0.15) is 34.8 Å². The molecule has 1 fully saturated rings. The number of anilines is 1. The van der Waals surface area contributed by atoms with Gasteiger partial charge in [0.15, 0.2) is 16.6 Å². The fraction of sp³-hybridized carbons (Fsp3) is 0.375. The Bertz CT molecular complexity index is 725. The number of benzene rings is 1. The van der Waals surface area contributed by atoms with Crippen molar-refractivity contribution in [3.63, 3.8) is 0 Å². The van der Waals surface area contributed by atoms with Crippen molar-refractivity contribution in [2.45, 2.75) is 18.8 Å². The number of thiazole rings is 1. The number of carbonyl (C=O) groups excluding carboxylic acids is 1. The number of nitrogens with zero attached hydrogens (tertiary/aromatic N) is 1. The number of hydrogen-bond donors (Lipinski definition) is 1. The van der Waals surface area contributed by atoms with E-state index in [0.717, 1.165) is 5.69 Å². The summed E-state index contributed by atoms with van der Waals surface area (Å²) in [4.78, 5) is 17.0. The van der Waals surface area contributed by atoms with Crippen molar-refractivity contribution >= 4 is 22.4 Å². The molecule has 6 nitrogen and oxygen atoms in total. The molecule has 1 aliphatic carbocycles. The van der Waals surface area contributed by atoms with Crippen LogP contribution in [0.4, 0.5) is 5.13 Å². The van der Waals surface area contributed by atoms with E-state index in [9.17, 15) is 4.79 Å². The first kappa shape index (κ1) is 15.6. The number of amides is 1. The van der Waals surface area contributed by atoms with Gasteiger partial charge >= 0.3 is 0 Å². The summed E-state index contributed by atoms with van der Waals surface area (Å²) in [5.41, 5.74) is 1.43. The molecular formula is C16H18N2O4S. The first-order chi connectivity index (χ1) is 11.2. The highest BCUT2D eigenvalue weighted by Crippen LogP contribution is 2.41. The van der Waals surface area contributed by atoms with Gasteiger partial charge in [0.1, 0.15) is 5.75 Å².